The number of hydrogen-bond acceptors (Lipinski definition) is 5. The summed E-state index contributed by atoms with van der Waals surface area (Å²) in [6.07, 6.45) is -2.45. The van der Waals surface area contributed by atoms with Crippen LogP contribution in [0.1, 0.15) is 11.7 Å². The topological polar surface area (TPSA) is 88.0 Å². The number of esters is 1. The van der Waals surface area contributed by atoms with Gasteiger partial charge in [-0.3, -0.25) is 4.79 Å². The summed E-state index contributed by atoms with van der Waals surface area (Å²) >= 11 is 5.99. The molecule has 166 valence electrons. The van der Waals surface area contributed by atoms with Gasteiger partial charge in [0.25, 0.3) is 0 Å². The van der Waals surface area contributed by atoms with Crippen LogP contribution in [0.5, 0.6) is 0 Å². The summed E-state index contributed by atoms with van der Waals surface area (Å²) in [5, 5.41) is 15.5. The van der Waals surface area contributed by atoms with Crippen molar-refractivity contribution in [3.05, 3.63) is 95.5 Å². The molecule has 0 radical (unpaired) electrons. The zero-order valence-electron chi connectivity index (χ0n) is 18.6. The van der Waals surface area contributed by atoms with Gasteiger partial charge in [0, 0.05) is 5.02 Å². The molecule has 0 aromatic heterocycles. The van der Waals surface area contributed by atoms with Crippen LogP contribution in [0.15, 0.2) is 89.7 Å². The van der Waals surface area contributed by atoms with Crippen LogP contribution >= 0.6 is 18.7 Å². The molecule has 0 saturated heterocycles. The number of nitrogens with zero attached hydrogens (tertiary/aromatic N) is 1. The van der Waals surface area contributed by atoms with Gasteiger partial charge in [-0.15, -0.1) is 0 Å². The number of ether oxygens (including phenoxy) is 2. The van der Waals surface area contributed by atoms with E-state index < -0.39 is 30.9 Å². The maximum Gasteiger partial charge on any atom is 1.00 e. The Morgan fingerprint density at radius 2 is 1.33 bits per heavy atom. The Hall–Kier alpha value is -2.32. The van der Waals surface area contributed by atoms with Gasteiger partial charge in [-0.05, 0) is 22.7 Å². The second-order valence-electron chi connectivity index (χ2n) is 6.87. The molecule has 0 saturated carbocycles. The van der Waals surface area contributed by atoms with Crippen LogP contribution in [0.3, 0.4) is 0 Å². The minimum absolute atomic E-state index is 0. The van der Waals surface area contributed by atoms with E-state index in [0.717, 1.165) is 0 Å². The van der Waals surface area contributed by atoms with Crippen molar-refractivity contribution in [3.63, 3.8) is 0 Å². The molecule has 0 spiro atoms. The van der Waals surface area contributed by atoms with Gasteiger partial charge >= 0.3 is 30.9 Å². The number of rotatable bonds is 6. The predicted octanol–water partition coefficient (Wildman–Crippen LogP) is 0.906. The molecule has 6 nitrogen and oxygen atoms in total. The first-order valence-corrected chi connectivity index (χ1v) is 11.9. The van der Waals surface area contributed by atoms with Crippen LogP contribution in [0.2, 0.25) is 5.02 Å². The molecular weight excluding hydrogens is 456 g/mol. The second-order valence-corrected chi connectivity index (χ2v) is 10.5. The van der Waals surface area contributed by atoms with Crippen LogP contribution in [-0.2, 0) is 14.3 Å². The van der Waals surface area contributed by atoms with E-state index >= 15 is 0 Å². The van der Waals surface area contributed by atoms with E-state index in [0.29, 0.717) is 21.2 Å². The van der Waals surface area contributed by atoms with E-state index in [1.165, 1.54) is 14.2 Å². The first-order chi connectivity index (χ1) is 15.4. The number of carbonyl (C=O) groups is 2. The van der Waals surface area contributed by atoms with E-state index in [9.17, 15) is 14.7 Å². The minimum Gasteiger partial charge on any atom is -0.848 e. The normalized spacial score (nSPS) is 12.6. The molecule has 0 fully saturated rings. The molecule has 3 aromatic carbocycles. The van der Waals surface area contributed by atoms with Crippen LogP contribution in [0.25, 0.3) is 0 Å². The molecular formula is C24H22ClLiNO5P. The Labute approximate surface area is 210 Å². The van der Waals surface area contributed by atoms with Crippen LogP contribution < -0.4 is 34.6 Å². The Balaban J connectivity index is 0.00000385. The predicted molar refractivity (Wildman–Crippen MR) is 124 cm³/mol. The average Bonchev–Trinajstić information content (AvgIpc) is 2.84. The fourth-order valence-electron chi connectivity index (χ4n) is 3.56. The first kappa shape index (κ1) is 26.9. The van der Waals surface area contributed by atoms with Crippen LogP contribution in [0, 0.1) is 0 Å². The Bertz CT molecular complexity index is 1080. The number of halogens is 1. The van der Waals surface area contributed by atoms with Crippen molar-refractivity contribution >= 4 is 41.3 Å². The summed E-state index contributed by atoms with van der Waals surface area (Å²) in [6, 6.07) is 24.1. The maximum absolute atomic E-state index is 13.9. The fraction of sp³-hybridized carbons (Fsp3) is 0.167. The summed E-state index contributed by atoms with van der Waals surface area (Å²) < 4.78 is 14.4. The molecule has 9 heteroatoms. The molecule has 1 amide bonds. The van der Waals surface area contributed by atoms with Crippen molar-refractivity contribution in [2.45, 2.75) is 11.8 Å². The Morgan fingerprint density at radius 3 is 1.76 bits per heavy atom. The third-order valence-corrected chi connectivity index (χ3v) is 9.23. The summed E-state index contributed by atoms with van der Waals surface area (Å²) in [4.78, 5) is 25.8. The van der Waals surface area contributed by atoms with E-state index in [1.807, 2.05) is 12.1 Å². The maximum atomic E-state index is 13.9. The number of benzene rings is 3. The number of carbonyl (C=O) groups excluding carboxylic acids is 2. The van der Waals surface area contributed by atoms with Gasteiger partial charge < -0.3 is 14.6 Å². The standard InChI is InChI=1S/C24H22ClNO5P.Li/c1-30-23(28)22(21(27)17-13-15-18(25)16-14-17)32(26-24(29)31-2,19-9-5-3-6-10-19)20-11-7-4-8-12-20;/h3-16,21-22H,1-2H3;/q-1;+1. The molecule has 0 N–H and O–H groups in total. The van der Waals surface area contributed by atoms with Crippen molar-refractivity contribution in [2.24, 2.45) is 4.74 Å². The molecule has 3 rings (SSSR count). The van der Waals surface area contributed by atoms with Gasteiger partial charge in [0.2, 0.25) is 0 Å². The van der Waals surface area contributed by atoms with Crippen molar-refractivity contribution < 1.29 is 43.0 Å². The van der Waals surface area contributed by atoms with E-state index in [-0.39, 0.29) is 18.9 Å². The van der Waals surface area contributed by atoms with Gasteiger partial charge in [0.05, 0.1) is 26.9 Å². The Kier molecular flexibility index (Phi) is 9.98. The molecule has 33 heavy (non-hydrogen) atoms. The summed E-state index contributed by atoms with van der Waals surface area (Å²) in [5.41, 5.74) is -0.987. The summed E-state index contributed by atoms with van der Waals surface area (Å²) in [5.74, 6) is -0.756. The van der Waals surface area contributed by atoms with Gasteiger partial charge in [0.15, 0.2) is 0 Å². The smallest absolute Gasteiger partial charge is 0.848 e. The Morgan fingerprint density at radius 1 is 0.848 bits per heavy atom. The largest absolute Gasteiger partial charge is 1.00 e. The van der Waals surface area contributed by atoms with Gasteiger partial charge in [0.1, 0.15) is 0 Å². The third-order valence-electron chi connectivity index (χ3n) is 5.04. The fourth-order valence-corrected chi connectivity index (χ4v) is 7.54. The molecule has 0 bridgehead atoms. The second kappa shape index (κ2) is 12.2. The number of methoxy groups -OCH3 is 2. The molecule has 0 aliphatic rings. The van der Waals surface area contributed by atoms with Gasteiger partial charge in [-0.25, -0.2) is 4.79 Å². The van der Waals surface area contributed by atoms with Crippen molar-refractivity contribution in [2.75, 3.05) is 14.2 Å². The molecule has 3 aromatic rings. The monoisotopic (exact) mass is 477 g/mol. The van der Waals surface area contributed by atoms with E-state index in [1.54, 1.807) is 72.8 Å². The average molecular weight is 478 g/mol. The first-order valence-electron chi connectivity index (χ1n) is 9.74. The van der Waals surface area contributed by atoms with Crippen LogP contribution in [0.4, 0.5) is 4.79 Å². The zero-order chi connectivity index (χ0) is 23.1. The van der Waals surface area contributed by atoms with Crippen molar-refractivity contribution in [3.8, 4) is 0 Å². The molecule has 0 aliphatic heterocycles. The van der Waals surface area contributed by atoms with Crippen molar-refractivity contribution in [1.82, 2.24) is 0 Å². The zero-order valence-corrected chi connectivity index (χ0v) is 20.2. The molecule has 2 unspecified atom stereocenters. The molecule has 0 heterocycles. The third kappa shape index (κ3) is 5.79. The summed E-state index contributed by atoms with van der Waals surface area (Å²) in [6.45, 7) is 0. The van der Waals surface area contributed by atoms with Gasteiger partial charge in [-0.1, -0.05) is 96.1 Å². The molecule has 2 atom stereocenters. The molecule has 0 aliphatic carbocycles. The quantitative estimate of drug-likeness (QED) is 0.299. The SMILES string of the molecule is COC(=O)N=P(c1ccccc1)(c1ccccc1)C(C(=O)OC)C([O-])c1ccc(Cl)cc1.[Li+]. The summed E-state index contributed by atoms with van der Waals surface area (Å²) in [7, 11) is -0.938. The number of hydrogen-bond donors (Lipinski definition) is 0. The van der Waals surface area contributed by atoms with Crippen molar-refractivity contribution in [1.29, 1.82) is 0 Å². The van der Waals surface area contributed by atoms with Gasteiger partial charge in [-0.2, -0.15) is 4.74 Å². The number of amides is 1. The minimum atomic E-state index is -3.36. The van der Waals surface area contributed by atoms with E-state index in [2.05, 4.69) is 4.74 Å². The van der Waals surface area contributed by atoms with E-state index in [4.69, 9.17) is 21.1 Å². The van der Waals surface area contributed by atoms with Crippen LogP contribution in [-0.4, -0.2) is 31.9 Å².